The van der Waals surface area contributed by atoms with Crippen LogP contribution >= 0.6 is 0 Å². The van der Waals surface area contributed by atoms with Gasteiger partial charge in [0.2, 0.25) is 0 Å². The maximum Gasteiger partial charge on any atom is 0.143 e. The predicted molar refractivity (Wildman–Crippen MR) is 69.5 cm³/mol. The summed E-state index contributed by atoms with van der Waals surface area (Å²) >= 11 is 0. The van der Waals surface area contributed by atoms with Crippen LogP contribution in [0.4, 0.5) is 4.39 Å². The molecular weight excluding hydrogens is 227 g/mol. The first-order valence-electron chi connectivity index (χ1n) is 5.64. The quantitative estimate of drug-likeness (QED) is 0.729. The molecule has 0 heterocycles. The first-order chi connectivity index (χ1) is 8.79. The molecule has 0 aliphatic rings. The topological polar surface area (TPSA) is 9.23 Å². The van der Waals surface area contributed by atoms with Crippen molar-refractivity contribution in [1.29, 1.82) is 0 Å². The van der Waals surface area contributed by atoms with Gasteiger partial charge in [-0.05, 0) is 29.8 Å². The summed E-state index contributed by atoms with van der Waals surface area (Å²) in [5, 5.41) is 0. The normalized spacial score (nSPS) is 11.4. The van der Waals surface area contributed by atoms with Crippen molar-refractivity contribution in [2.45, 2.75) is 6.10 Å². The molecular formula is C16H13FO. The van der Waals surface area contributed by atoms with Crippen LogP contribution in [0, 0.1) is 17.7 Å². The summed E-state index contributed by atoms with van der Waals surface area (Å²) in [6, 6.07) is 15.9. The molecule has 1 nitrogen and oxygen atoms in total. The summed E-state index contributed by atoms with van der Waals surface area (Å²) in [4.78, 5) is 0. The van der Waals surface area contributed by atoms with Gasteiger partial charge in [0, 0.05) is 12.7 Å². The maximum atomic E-state index is 12.7. The number of hydrogen-bond donors (Lipinski definition) is 0. The van der Waals surface area contributed by atoms with Crippen LogP contribution in [-0.4, -0.2) is 7.11 Å². The lowest BCUT2D eigenvalue weighted by atomic mass is 10.1. The summed E-state index contributed by atoms with van der Waals surface area (Å²) in [6.07, 6.45) is -0.267. The van der Waals surface area contributed by atoms with Crippen molar-refractivity contribution in [1.82, 2.24) is 0 Å². The number of halogens is 1. The molecule has 0 aromatic heterocycles. The highest BCUT2D eigenvalue weighted by atomic mass is 19.1. The zero-order valence-electron chi connectivity index (χ0n) is 10.1. The summed E-state index contributed by atoms with van der Waals surface area (Å²) in [6.45, 7) is 0. The van der Waals surface area contributed by atoms with E-state index >= 15 is 0 Å². The molecule has 0 amide bonds. The van der Waals surface area contributed by atoms with E-state index in [4.69, 9.17) is 4.74 Å². The van der Waals surface area contributed by atoms with Crippen molar-refractivity contribution in [3.05, 3.63) is 71.5 Å². The van der Waals surface area contributed by atoms with Crippen LogP contribution in [0.25, 0.3) is 0 Å². The highest BCUT2D eigenvalue weighted by molar-refractivity contribution is 5.37. The van der Waals surface area contributed by atoms with Crippen LogP contribution in [0.2, 0.25) is 0 Å². The van der Waals surface area contributed by atoms with Gasteiger partial charge in [-0.25, -0.2) is 4.39 Å². The first-order valence-corrected chi connectivity index (χ1v) is 5.64. The van der Waals surface area contributed by atoms with E-state index < -0.39 is 0 Å². The molecule has 0 radical (unpaired) electrons. The first kappa shape index (κ1) is 12.3. The highest BCUT2D eigenvalue weighted by Gasteiger charge is 2.04. The minimum absolute atomic E-state index is 0.257. The smallest absolute Gasteiger partial charge is 0.143 e. The fourth-order valence-electron chi connectivity index (χ4n) is 1.59. The number of benzene rings is 2. The Balaban J connectivity index is 2.19. The Morgan fingerprint density at radius 3 is 2.28 bits per heavy atom. The summed E-state index contributed by atoms with van der Waals surface area (Å²) in [7, 11) is 1.62. The minimum Gasteiger partial charge on any atom is -0.364 e. The van der Waals surface area contributed by atoms with Crippen molar-refractivity contribution in [3.8, 4) is 11.8 Å². The van der Waals surface area contributed by atoms with Crippen LogP contribution in [0.15, 0.2) is 54.6 Å². The van der Waals surface area contributed by atoms with Crippen LogP contribution in [0.5, 0.6) is 0 Å². The second-order valence-corrected chi connectivity index (χ2v) is 3.80. The molecule has 0 bridgehead atoms. The Morgan fingerprint density at radius 1 is 1.00 bits per heavy atom. The molecule has 2 aromatic rings. The lowest BCUT2D eigenvalue weighted by Gasteiger charge is -2.08. The largest absolute Gasteiger partial charge is 0.364 e. The van der Waals surface area contributed by atoms with Gasteiger partial charge in [0.1, 0.15) is 11.9 Å². The molecule has 0 aliphatic heterocycles. The number of hydrogen-bond acceptors (Lipinski definition) is 1. The second kappa shape index (κ2) is 6.00. The van der Waals surface area contributed by atoms with E-state index in [0.717, 1.165) is 11.1 Å². The summed E-state index contributed by atoms with van der Waals surface area (Å²) in [5.74, 6) is 5.75. The lowest BCUT2D eigenvalue weighted by Crippen LogP contribution is -1.97. The van der Waals surface area contributed by atoms with Crippen LogP contribution in [-0.2, 0) is 4.74 Å². The van der Waals surface area contributed by atoms with Gasteiger partial charge in [-0.15, -0.1) is 0 Å². The standard InChI is InChI=1S/C16H13FO/c1-18-16(14-5-3-2-4-6-14)12-9-13-7-10-15(17)11-8-13/h2-8,10-11,16H,1H3. The number of rotatable bonds is 2. The van der Waals surface area contributed by atoms with Crippen molar-refractivity contribution >= 4 is 0 Å². The Bertz CT molecular complexity index is 549. The molecule has 1 unspecified atom stereocenters. The molecule has 2 heteroatoms. The molecule has 2 aromatic carbocycles. The maximum absolute atomic E-state index is 12.7. The van der Waals surface area contributed by atoms with Crippen molar-refractivity contribution in [2.24, 2.45) is 0 Å². The minimum atomic E-state index is -0.267. The Labute approximate surface area is 106 Å². The molecule has 18 heavy (non-hydrogen) atoms. The number of methoxy groups -OCH3 is 1. The Kier molecular flexibility index (Phi) is 4.11. The van der Waals surface area contributed by atoms with Gasteiger partial charge in [0.25, 0.3) is 0 Å². The molecule has 0 spiro atoms. The molecule has 1 atom stereocenters. The van der Waals surface area contributed by atoms with Crippen LogP contribution in [0.1, 0.15) is 17.2 Å². The van der Waals surface area contributed by atoms with Gasteiger partial charge in [0.15, 0.2) is 0 Å². The molecule has 0 saturated heterocycles. The lowest BCUT2D eigenvalue weighted by molar-refractivity contribution is 0.150. The van der Waals surface area contributed by atoms with Crippen LogP contribution in [0.3, 0.4) is 0 Å². The average Bonchev–Trinajstić information content (AvgIpc) is 2.43. The summed E-state index contributed by atoms with van der Waals surface area (Å²) in [5.41, 5.74) is 1.78. The van der Waals surface area contributed by atoms with Gasteiger partial charge in [0.05, 0.1) is 0 Å². The molecule has 0 aliphatic carbocycles. The molecule has 90 valence electrons. The third-order valence-electron chi connectivity index (χ3n) is 2.53. The van der Waals surface area contributed by atoms with E-state index in [-0.39, 0.29) is 11.9 Å². The van der Waals surface area contributed by atoms with Crippen LogP contribution < -0.4 is 0 Å². The Morgan fingerprint density at radius 2 is 1.67 bits per heavy atom. The van der Waals surface area contributed by atoms with Gasteiger partial charge in [-0.3, -0.25) is 0 Å². The average molecular weight is 240 g/mol. The summed E-state index contributed by atoms with van der Waals surface area (Å²) < 4.78 is 18.1. The fourth-order valence-corrected chi connectivity index (χ4v) is 1.59. The zero-order chi connectivity index (χ0) is 12.8. The van der Waals surface area contributed by atoms with Crippen molar-refractivity contribution in [3.63, 3.8) is 0 Å². The molecule has 2 rings (SSSR count). The van der Waals surface area contributed by atoms with E-state index in [1.165, 1.54) is 12.1 Å². The molecule has 0 N–H and O–H groups in total. The molecule has 0 saturated carbocycles. The fraction of sp³-hybridized carbons (Fsp3) is 0.125. The van der Waals surface area contributed by atoms with E-state index in [1.54, 1.807) is 19.2 Å². The zero-order valence-corrected chi connectivity index (χ0v) is 10.1. The SMILES string of the molecule is COC(C#Cc1ccc(F)cc1)c1ccccc1. The monoisotopic (exact) mass is 240 g/mol. The van der Waals surface area contributed by atoms with Gasteiger partial charge in [-0.2, -0.15) is 0 Å². The third-order valence-corrected chi connectivity index (χ3v) is 2.53. The van der Waals surface area contributed by atoms with E-state index in [2.05, 4.69) is 11.8 Å². The van der Waals surface area contributed by atoms with Crippen molar-refractivity contribution < 1.29 is 9.13 Å². The van der Waals surface area contributed by atoms with E-state index in [9.17, 15) is 4.39 Å². The van der Waals surface area contributed by atoms with E-state index in [0.29, 0.717) is 0 Å². The molecule has 0 fully saturated rings. The van der Waals surface area contributed by atoms with Crippen molar-refractivity contribution in [2.75, 3.05) is 7.11 Å². The number of ether oxygens (including phenoxy) is 1. The highest BCUT2D eigenvalue weighted by Crippen LogP contribution is 2.15. The third kappa shape index (κ3) is 3.19. The van der Waals surface area contributed by atoms with E-state index in [1.807, 2.05) is 30.3 Å². The van der Waals surface area contributed by atoms with Gasteiger partial charge < -0.3 is 4.74 Å². The predicted octanol–water partition coefficient (Wildman–Crippen LogP) is 3.56. The van der Waals surface area contributed by atoms with Gasteiger partial charge in [-0.1, -0.05) is 42.2 Å². The second-order valence-electron chi connectivity index (χ2n) is 3.80. The Hall–Kier alpha value is -2.11. The van der Waals surface area contributed by atoms with Gasteiger partial charge >= 0.3 is 0 Å².